The monoisotopic (exact) mass is 264 g/mol. The summed E-state index contributed by atoms with van der Waals surface area (Å²) < 4.78 is 0.947. The number of anilines is 1. The molecular weight excluding hydrogens is 252 g/mol. The van der Waals surface area contributed by atoms with Crippen LogP contribution in [0.2, 0.25) is 0 Å². The molecule has 1 aromatic carbocycles. The molecule has 0 aliphatic heterocycles. The van der Waals surface area contributed by atoms with E-state index in [2.05, 4.69) is 34.2 Å². The molecule has 3 heteroatoms. The zero-order valence-electron chi connectivity index (χ0n) is 8.68. The van der Waals surface area contributed by atoms with Gasteiger partial charge in [0.25, 0.3) is 0 Å². The third-order valence-electron chi connectivity index (χ3n) is 2.91. The Morgan fingerprint density at radius 1 is 1.53 bits per heavy atom. The average molecular weight is 265 g/mol. The molecule has 0 bridgehead atoms. The lowest BCUT2D eigenvalue weighted by molar-refractivity contribution is 0.610. The van der Waals surface area contributed by atoms with E-state index in [1.165, 1.54) is 12.8 Å². The van der Waals surface area contributed by atoms with Crippen molar-refractivity contribution in [2.24, 2.45) is 5.41 Å². The topological polar surface area (TPSA) is 35.8 Å². The van der Waals surface area contributed by atoms with Crippen LogP contribution in [0.5, 0.6) is 0 Å². The van der Waals surface area contributed by atoms with E-state index in [9.17, 15) is 0 Å². The van der Waals surface area contributed by atoms with E-state index in [0.717, 1.165) is 16.7 Å². The number of hydrogen-bond donors (Lipinski definition) is 1. The number of hydrogen-bond acceptors (Lipinski definition) is 2. The fourth-order valence-electron chi connectivity index (χ4n) is 1.46. The third-order valence-corrected chi connectivity index (χ3v) is 3.40. The zero-order chi connectivity index (χ0) is 10.9. The lowest BCUT2D eigenvalue weighted by Crippen LogP contribution is -2.12. The van der Waals surface area contributed by atoms with Gasteiger partial charge in [0.1, 0.15) is 6.07 Å². The number of benzene rings is 1. The van der Waals surface area contributed by atoms with Crippen molar-refractivity contribution >= 4 is 21.6 Å². The first-order chi connectivity index (χ1) is 7.13. The van der Waals surface area contributed by atoms with Crippen molar-refractivity contribution in [1.82, 2.24) is 0 Å². The summed E-state index contributed by atoms with van der Waals surface area (Å²) >= 11 is 3.36. The van der Waals surface area contributed by atoms with Crippen LogP contribution in [0.15, 0.2) is 22.7 Å². The van der Waals surface area contributed by atoms with Gasteiger partial charge in [-0.3, -0.25) is 0 Å². The van der Waals surface area contributed by atoms with Gasteiger partial charge in [-0.25, -0.2) is 0 Å². The van der Waals surface area contributed by atoms with Crippen molar-refractivity contribution in [2.45, 2.75) is 19.8 Å². The molecule has 0 amide bonds. The van der Waals surface area contributed by atoms with Crippen LogP contribution in [0.4, 0.5) is 5.69 Å². The Morgan fingerprint density at radius 2 is 2.27 bits per heavy atom. The van der Waals surface area contributed by atoms with Crippen LogP contribution >= 0.6 is 15.9 Å². The Morgan fingerprint density at radius 3 is 2.87 bits per heavy atom. The molecule has 1 aromatic rings. The van der Waals surface area contributed by atoms with Crippen molar-refractivity contribution in [3.63, 3.8) is 0 Å². The average Bonchev–Trinajstić information content (AvgIpc) is 2.95. The molecule has 1 aliphatic carbocycles. The summed E-state index contributed by atoms with van der Waals surface area (Å²) in [6.07, 6.45) is 2.58. The second-order valence-corrected chi connectivity index (χ2v) is 5.38. The molecule has 0 saturated heterocycles. The van der Waals surface area contributed by atoms with Crippen LogP contribution in [-0.2, 0) is 0 Å². The first-order valence-corrected chi connectivity index (χ1v) is 5.86. The van der Waals surface area contributed by atoms with E-state index < -0.39 is 0 Å². The van der Waals surface area contributed by atoms with Crippen LogP contribution in [0.1, 0.15) is 25.3 Å². The Labute approximate surface area is 98.4 Å². The Kier molecular flexibility index (Phi) is 2.70. The fourth-order valence-corrected chi connectivity index (χ4v) is 1.82. The second-order valence-electron chi connectivity index (χ2n) is 4.47. The van der Waals surface area contributed by atoms with Crippen LogP contribution < -0.4 is 5.32 Å². The summed E-state index contributed by atoms with van der Waals surface area (Å²) in [6.45, 7) is 3.23. The lowest BCUT2D eigenvalue weighted by Gasteiger charge is -2.12. The molecule has 0 unspecified atom stereocenters. The molecule has 0 aromatic heterocycles. The maximum atomic E-state index is 8.98. The molecule has 1 fully saturated rings. The molecule has 78 valence electrons. The maximum Gasteiger partial charge on any atom is 0.101 e. The van der Waals surface area contributed by atoms with Crippen LogP contribution in [-0.4, -0.2) is 6.54 Å². The van der Waals surface area contributed by atoms with Gasteiger partial charge in [-0.05, 0) is 36.5 Å². The summed E-state index contributed by atoms with van der Waals surface area (Å²) in [7, 11) is 0. The second kappa shape index (κ2) is 3.86. The molecule has 2 nitrogen and oxygen atoms in total. The van der Waals surface area contributed by atoms with Gasteiger partial charge in [0.05, 0.1) is 11.3 Å². The molecule has 15 heavy (non-hydrogen) atoms. The van der Waals surface area contributed by atoms with Crippen molar-refractivity contribution in [1.29, 1.82) is 5.26 Å². The molecule has 2 rings (SSSR count). The molecule has 1 N–H and O–H groups in total. The number of nitrogens with one attached hydrogen (secondary N) is 1. The predicted octanol–water partition coefficient (Wildman–Crippen LogP) is 3.53. The van der Waals surface area contributed by atoms with Gasteiger partial charge in [0, 0.05) is 11.0 Å². The lowest BCUT2D eigenvalue weighted by atomic mass is 10.1. The molecular formula is C12H13BrN2. The zero-order valence-corrected chi connectivity index (χ0v) is 10.3. The predicted molar refractivity (Wildman–Crippen MR) is 64.7 cm³/mol. The highest BCUT2D eigenvalue weighted by Gasteiger charge is 2.36. The van der Waals surface area contributed by atoms with E-state index in [0.29, 0.717) is 11.0 Å². The summed E-state index contributed by atoms with van der Waals surface area (Å²) in [5, 5.41) is 12.3. The summed E-state index contributed by atoms with van der Waals surface area (Å²) in [6, 6.07) is 7.95. The standard InChI is InChI=1S/C12H13BrN2/c1-12(4-5-12)8-15-11-3-2-10(13)6-9(11)7-14/h2-3,6,15H,4-5,8H2,1H3. The van der Waals surface area contributed by atoms with E-state index in [1.807, 2.05) is 18.2 Å². The maximum absolute atomic E-state index is 8.98. The van der Waals surface area contributed by atoms with E-state index in [-0.39, 0.29) is 0 Å². The van der Waals surface area contributed by atoms with Crippen LogP contribution in [0.25, 0.3) is 0 Å². The SMILES string of the molecule is CC1(CNc2ccc(Br)cc2C#N)CC1. The van der Waals surface area contributed by atoms with Gasteiger partial charge >= 0.3 is 0 Å². The van der Waals surface area contributed by atoms with Gasteiger partial charge < -0.3 is 5.32 Å². The minimum absolute atomic E-state index is 0.458. The quantitative estimate of drug-likeness (QED) is 0.907. The smallest absolute Gasteiger partial charge is 0.101 e. The van der Waals surface area contributed by atoms with Gasteiger partial charge in [0.15, 0.2) is 0 Å². The van der Waals surface area contributed by atoms with Crippen molar-refractivity contribution < 1.29 is 0 Å². The molecule has 0 atom stereocenters. The number of nitrogens with zero attached hydrogens (tertiary/aromatic N) is 1. The molecule has 1 saturated carbocycles. The van der Waals surface area contributed by atoms with E-state index >= 15 is 0 Å². The van der Waals surface area contributed by atoms with Gasteiger partial charge in [-0.1, -0.05) is 22.9 Å². The number of halogens is 1. The Balaban J connectivity index is 2.10. The first-order valence-electron chi connectivity index (χ1n) is 5.06. The van der Waals surface area contributed by atoms with Gasteiger partial charge in [0.2, 0.25) is 0 Å². The van der Waals surface area contributed by atoms with Gasteiger partial charge in [-0.15, -0.1) is 0 Å². The normalized spacial score (nSPS) is 16.9. The largest absolute Gasteiger partial charge is 0.383 e. The summed E-state index contributed by atoms with van der Waals surface area (Å²) in [4.78, 5) is 0. The molecule has 0 heterocycles. The summed E-state index contributed by atoms with van der Waals surface area (Å²) in [5.41, 5.74) is 2.10. The third kappa shape index (κ3) is 2.51. The minimum atomic E-state index is 0.458. The van der Waals surface area contributed by atoms with Crippen molar-refractivity contribution in [2.75, 3.05) is 11.9 Å². The first kappa shape index (κ1) is 10.5. The van der Waals surface area contributed by atoms with Crippen molar-refractivity contribution in [3.8, 4) is 6.07 Å². The van der Waals surface area contributed by atoms with Gasteiger partial charge in [-0.2, -0.15) is 5.26 Å². The number of nitriles is 1. The van der Waals surface area contributed by atoms with Crippen LogP contribution in [0, 0.1) is 16.7 Å². The van der Waals surface area contributed by atoms with Crippen molar-refractivity contribution in [3.05, 3.63) is 28.2 Å². The van der Waals surface area contributed by atoms with Crippen LogP contribution in [0.3, 0.4) is 0 Å². The highest BCUT2D eigenvalue weighted by Crippen LogP contribution is 2.44. The van der Waals surface area contributed by atoms with E-state index in [1.54, 1.807) is 0 Å². The summed E-state index contributed by atoms with van der Waals surface area (Å²) in [5.74, 6) is 0. The fraction of sp³-hybridized carbons (Fsp3) is 0.417. The molecule has 0 spiro atoms. The van der Waals surface area contributed by atoms with E-state index in [4.69, 9.17) is 5.26 Å². The molecule has 0 radical (unpaired) electrons. The Hall–Kier alpha value is -1.01. The Bertz CT molecular complexity index is 416. The minimum Gasteiger partial charge on any atom is -0.383 e. The number of rotatable bonds is 3. The highest BCUT2D eigenvalue weighted by molar-refractivity contribution is 9.10. The molecule has 1 aliphatic rings. The highest BCUT2D eigenvalue weighted by atomic mass is 79.9.